The highest BCUT2D eigenvalue weighted by Crippen LogP contribution is 2.33. The molecule has 0 aliphatic carbocycles. The Bertz CT molecular complexity index is 693. The van der Waals surface area contributed by atoms with Gasteiger partial charge in [-0.15, -0.1) is 0 Å². The Morgan fingerprint density at radius 1 is 1.29 bits per heavy atom. The number of nitrogens with zero attached hydrogens (tertiary/aromatic N) is 4. The van der Waals surface area contributed by atoms with E-state index in [2.05, 4.69) is 20.6 Å². The van der Waals surface area contributed by atoms with Gasteiger partial charge in [0.25, 0.3) is 0 Å². The molecule has 1 atom stereocenters. The molecule has 7 nitrogen and oxygen atoms in total. The number of likely N-dealkylation sites (tertiary alicyclic amines) is 1. The van der Waals surface area contributed by atoms with Crippen LogP contribution in [0.4, 0.5) is 10.6 Å². The van der Waals surface area contributed by atoms with Crippen LogP contribution in [0.1, 0.15) is 54.4 Å². The number of aromatic nitrogens is 4. The Balaban J connectivity index is 1.85. The maximum atomic E-state index is 12.9. The molecule has 3 heterocycles. The predicted octanol–water partition coefficient (Wildman–Crippen LogP) is 3.22. The van der Waals surface area contributed by atoms with Gasteiger partial charge < -0.3 is 4.90 Å². The highest BCUT2D eigenvalue weighted by Gasteiger charge is 2.30. The fourth-order valence-electron chi connectivity index (χ4n) is 3.51. The number of hydrogen-bond acceptors (Lipinski definition) is 3. The van der Waals surface area contributed by atoms with Crippen LogP contribution in [0.5, 0.6) is 0 Å². The van der Waals surface area contributed by atoms with Crippen LogP contribution in [0.2, 0.25) is 0 Å². The van der Waals surface area contributed by atoms with Crippen molar-refractivity contribution in [3.8, 4) is 0 Å². The minimum atomic E-state index is -0.0833. The summed E-state index contributed by atoms with van der Waals surface area (Å²) < 4.78 is 1.76. The van der Waals surface area contributed by atoms with Gasteiger partial charge in [-0.25, -0.2) is 4.79 Å². The predicted molar refractivity (Wildman–Crippen MR) is 92.9 cm³/mol. The zero-order valence-corrected chi connectivity index (χ0v) is 14.9. The molecular formula is C17H26N6O. The molecule has 0 aromatic carbocycles. The number of aromatic amines is 1. The molecule has 2 amide bonds. The molecule has 1 saturated heterocycles. The van der Waals surface area contributed by atoms with Crippen LogP contribution in [0.15, 0.2) is 6.07 Å². The molecule has 2 aromatic rings. The molecule has 0 spiro atoms. The van der Waals surface area contributed by atoms with Crippen molar-refractivity contribution in [2.24, 2.45) is 7.05 Å². The quantitative estimate of drug-likeness (QED) is 0.887. The van der Waals surface area contributed by atoms with Crippen LogP contribution >= 0.6 is 0 Å². The van der Waals surface area contributed by atoms with E-state index in [4.69, 9.17) is 0 Å². The molecule has 7 heteroatoms. The van der Waals surface area contributed by atoms with E-state index in [9.17, 15) is 4.79 Å². The zero-order chi connectivity index (χ0) is 17.3. The van der Waals surface area contributed by atoms with Gasteiger partial charge in [-0.1, -0.05) is 12.8 Å². The van der Waals surface area contributed by atoms with Crippen molar-refractivity contribution < 1.29 is 4.79 Å². The summed E-state index contributed by atoms with van der Waals surface area (Å²) in [6, 6.07) is 1.87. The molecule has 0 saturated carbocycles. The van der Waals surface area contributed by atoms with Gasteiger partial charge in [-0.3, -0.25) is 15.1 Å². The van der Waals surface area contributed by atoms with Gasteiger partial charge in [-0.2, -0.15) is 10.2 Å². The number of anilines is 1. The van der Waals surface area contributed by atoms with Crippen LogP contribution < -0.4 is 5.32 Å². The third-order valence-corrected chi connectivity index (χ3v) is 4.88. The number of H-pyrrole nitrogens is 1. The summed E-state index contributed by atoms with van der Waals surface area (Å²) in [5, 5.41) is 14.7. The standard InChI is InChI=1S/C17H26N6O/c1-11-10-15(21-22(11)4)18-17(24)23-9-7-5-6-8-14(23)16-12(2)19-20-13(16)3/h10,14H,5-9H2,1-4H3,(H,19,20)(H,18,21,24)/t14-/m1/s1. The van der Waals surface area contributed by atoms with Gasteiger partial charge in [-0.05, 0) is 33.6 Å². The number of urea groups is 1. The number of amides is 2. The second-order valence-electron chi connectivity index (χ2n) is 6.63. The normalized spacial score (nSPS) is 18.5. The van der Waals surface area contributed by atoms with Gasteiger partial charge in [0.05, 0.1) is 11.7 Å². The van der Waals surface area contributed by atoms with E-state index in [1.807, 2.05) is 38.8 Å². The molecule has 2 aromatic heterocycles. The van der Waals surface area contributed by atoms with E-state index in [0.717, 1.165) is 54.9 Å². The Labute approximate surface area is 142 Å². The van der Waals surface area contributed by atoms with Crippen molar-refractivity contribution in [3.63, 3.8) is 0 Å². The fraction of sp³-hybridized carbons (Fsp3) is 0.588. The van der Waals surface area contributed by atoms with E-state index < -0.39 is 0 Å². The molecule has 1 aliphatic rings. The number of carbonyl (C=O) groups is 1. The van der Waals surface area contributed by atoms with Crippen LogP contribution in [0.3, 0.4) is 0 Å². The van der Waals surface area contributed by atoms with E-state index in [1.54, 1.807) is 4.68 Å². The Morgan fingerprint density at radius 2 is 2.08 bits per heavy atom. The Kier molecular flexibility index (Phi) is 4.59. The van der Waals surface area contributed by atoms with E-state index in [1.165, 1.54) is 0 Å². The maximum Gasteiger partial charge on any atom is 0.323 e. The molecule has 0 unspecified atom stereocenters. The average molecular weight is 330 g/mol. The van der Waals surface area contributed by atoms with Crippen LogP contribution in [0.25, 0.3) is 0 Å². The summed E-state index contributed by atoms with van der Waals surface area (Å²) >= 11 is 0. The maximum absolute atomic E-state index is 12.9. The summed E-state index contributed by atoms with van der Waals surface area (Å²) in [5.74, 6) is 0.601. The Morgan fingerprint density at radius 3 is 2.71 bits per heavy atom. The molecule has 2 N–H and O–H groups in total. The topological polar surface area (TPSA) is 78.8 Å². The first-order valence-corrected chi connectivity index (χ1v) is 8.57. The third-order valence-electron chi connectivity index (χ3n) is 4.88. The molecule has 0 bridgehead atoms. The summed E-state index contributed by atoms with van der Waals surface area (Å²) in [4.78, 5) is 14.9. The van der Waals surface area contributed by atoms with E-state index in [0.29, 0.717) is 5.82 Å². The zero-order valence-electron chi connectivity index (χ0n) is 14.9. The number of carbonyl (C=O) groups excluding carboxylic acids is 1. The first-order chi connectivity index (χ1) is 11.5. The summed E-state index contributed by atoms with van der Waals surface area (Å²) in [5.41, 5.74) is 4.19. The molecule has 1 aliphatic heterocycles. The molecule has 24 heavy (non-hydrogen) atoms. The number of nitrogens with one attached hydrogen (secondary N) is 2. The van der Waals surface area contributed by atoms with E-state index in [-0.39, 0.29) is 12.1 Å². The molecule has 0 radical (unpaired) electrons. The lowest BCUT2D eigenvalue weighted by Gasteiger charge is -2.30. The lowest BCUT2D eigenvalue weighted by atomic mass is 9.99. The monoisotopic (exact) mass is 330 g/mol. The lowest BCUT2D eigenvalue weighted by Crippen LogP contribution is -2.38. The molecule has 1 fully saturated rings. The summed E-state index contributed by atoms with van der Waals surface area (Å²) in [6.45, 7) is 6.75. The van der Waals surface area contributed by atoms with Crippen molar-refractivity contribution >= 4 is 11.8 Å². The van der Waals surface area contributed by atoms with E-state index >= 15 is 0 Å². The third kappa shape index (κ3) is 3.16. The molecular weight excluding hydrogens is 304 g/mol. The van der Waals surface area contributed by atoms with Crippen molar-refractivity contribution in [2.45, 2.75) is 52.5 Å². The largest absolute Gasteiger partial charge is 0.323 e. The second kappa shape index (κ2) is 6.67. The van der Waals surface area contributed by atoms with Crippen LogP contribution in [-0.2, 0) is 7.05 Å². The Hall–Kier alpha value is -2.31. The van der Waals surface area contributed by atoms with Gasteiger partial charge in [0.2, 0.25) is 0 Å². The average Bonchev–Trinajstić information content (AvgIpc) is 2.92. The number of hydrogen-bond donors (Lipinski definition) is 2. The summed E-state index contributed by atoms with van der Waals surface area (Å²) in [6.07, 6.45) is 4.27. The van der Waals surface area contributed by atoms with Gasteiger partial charge in [0.1, 0.15) is 0 Å². The minimum Gasteiger partial charge on any atom is -0.317 e. The molecule has 3 rings (SSSR count). The van der Waals surface area contributed by atoms with Crippen LogP contribution in [0, 0.1) is 20.8 Å². The first-order valence-electron chi connectivity index (χ1n) is 8.57. The lowest BCUT2D eigenvalue weighted by molar-refractivity contribution is 0.189. The minimum absolute atomic E-state index is 0.0658. The van der Waals surface area contributed by atoms with Gasteiger partial charge in [0.15, 0.2) is 5.82 Å². The van der Waals surface area contributed by atoms with Gasteiger partial charge >= 0.3 is 6.03 Å². The highest BCUT2D eigenvalue weighted by atomic mass is 16.2. The van der Waals surface area contributed by atoms with Gasteiger partial charge in [0, 0.05) is 36.6 Å². The number of rotatable bonds is 2. The summed E-state index contributed by atoms with van der Waals surface area (Å²) in [7, 11) is 1.87. The van der Waals surface area contributed by atoms with Crippen molar-refractivity contribution in [1.29, 1.82) is 0 Å². The highest BCUT2D eigenvalue weighted by molar-refractivity contribution is 5.88. The first kappa shape index (κ1) is 16.5. The van der Waals surface area contributed by atoms with Crippen molar-refractivity contribution in [1.82, 2.24) is 24.9 Å². The molecule has 130 valence electrons. The number of aryl methyl sites for hydroxylation is 4. The fourth-order valence-corrected chi connectivity index (χ4v) is 3.51. The van der Waals surface area contributed by atoms with Crippen molar-refractivity contribution in [3.05, 3.63) is 28.7 Å². The van der Waals surface area contributed by atoms with Crippen LogP contribution in [-0.4, -0.2) is 37.5 Å². The van der Waals surface area contributed by atoms with Crippen molar-refractivity contribution in [2.75, 3.05) is 11.9 Å². The smallest absolute Gasteiger partial charge is 0.317 e. The second-order valence-corrected chi connectivity index (χ2v) is 6.63. The SMILES string of the molecule is Cc1n[nH]c(C)c1[C@H]1CCCCCN1C(=O)Nc1cc(C)n(C)n1.